The molecular weight excluding hydrogens is 308 g/mol. The standard InChI is InChI=1S/C18H25BFNO3/c1-11-9-14(20)15(21-16(22)12-7-6-8-12)10-13(11)19-23-17(2,3)18(4,5)24-19/h9-10,12H,6-8H2,1-5H3,(H,21,22). The summed E-state index contributed by atoms with van der Waals surface area (Å²) in [6.07, 6.45) is 2.82. The second-order valence-electron chi connectivity index (χ2n) is 7.89. The van der Waals surface area contributed by atoms with Crippen molar-refractivity contribution in [3.05, 3.63) is 23.5 Å². The molecule has 0 spiro atoms. The summed E-state index contributed by atoms with van der Waals surface area (Å²) < 4.78 is 26.4. The molecule has 130 valence electrons. The molecule has 0 bridgehead atoms. The van der Waals surface area contributed by atoms with Crippen molar-refractivity contribution in [1.82, 2.24) is 0 Å². The third-order valence-corrected chi connectivity index (χ3v) is 5.60. The fourth-order valence-electron chi connectivity index (χ4n) is 2.91. The van der Waals surface area contributed by atoms with Crippen molar-refractivity contribution in [3.8, 4) is 0 Å². The van der Waals surface area contributed by atoms with Crippen LogP contribution in [-0.4, -0.2) is 24.2 Å². The molecule has 1 aliphatic carbocycles. The molecule has 24 heavy (non-hydrogen) atoms. The first kappa shape index (κ1) is 17.4. The van der Waals surface area contributed by atoms with Gasteiger partial charge < -0.3 is 14.6 Å². The van der Waals surface area contributed by atoms with Gasteiger partial charge in [-0.25, -0.2) is 4.39 Å². The number of halogens is 1. The topological polar surface area (TPSA) is 47.6 Å². The maximum Gasteiger partial charge on any atom is 0.495 e. The monoisotopic (exact) mass is 333 g/mol. The largest absolute Gasteiger partial charge is 0.495 e. The van der Waals surface area contributed by atoms with Crippen LogP contribution in [-0.2, 0) is 14.1 Å². The molecule has 2 aliphatic rings. The minimum atomic E-state index is -0.574. The Hall–Kier alpha value is -1.40. The molecule has 1 saturated carbocycles. The van der Waals surface area contributed by atoms with E-state index in [0.717, 1.165) is 30.3 Å². The number of anilines is 1. The summed E-state index contributed by atoms with van der Waals surface area (Å²) in [7, 11) is -0.574. The molecule has 4 nitrogen and oxygen atoms in total. The molecule has 0 atom stereocenters. The van der Waals surface area contributed by atoms with Crippen molar-refractivity contribution in [2.45, 2.75) is 65.1 Å². The van der Waals surface area contributed by atoms with Crippen LogP contribution in [0.4, 0.5) is 10.1 Å². The minimum absolute atomic E-state index is 0.00556. The van der Waals surface area contributed by atoms with Gasteiger partial charge in [0.1, 0.15) is 5.82 Å². The van der Waals surface area contributed by atoms with Gasteiger partial charge in [0, 0.05) is 5.92 Å². The lowest BCUT2D eigenvalue weighted by atomic mass is 9.76. The van der Waals surface area contributed by atoms with Crippen LogP contribution in [0.15, 0.2) is 12.1 Å². The predicted molar refractivity (Wildman–Crippen MR) is 92.8 cm³/mol. The van der Waals surface area contributed by atoms with E-state index in [-0.39, 0.29) is 17.5 Å². The maximum absolute atomic E-state index is 14.3. The molecule has 0 unspecified atom stereocenters. The molecule has 1 aromatic rings. The van der Waals surface area contributed by atoms with Crippen molar-refractivity contribution in [2.24, 2.45) is 5.92 Å². The minimum Gasteiger partial charge on any atom is -0.399 e. The number of aryl methyl sites for hydroxylation is 1. The van der Waals surface area contributed by atoms with Crippen molar-refractivity contribution >= 4 is 24.2 Å². The van der Waals surface area contributed by atoms with E-state index >= 15 is 0 Å². The molecule has 0 radical (unpaired) electrons. The Kier molecular flexibility index (Phi) is 4.25. The predicted octanol–water partition coefficient (Wildman–Crippen LogP) is 3.17. The zero-order valence-electron chi connectivity index (χ0n) is 15.0. The highest BCUT2D eigenvalue weighted by Crippen LogP contribution is 2.37. The molecule has 0 aromatic heterocycles. The Morgan fingerprint density at radius 3 is 2.29 bits per heavy atom. The second-order valence-corrected chi connectivity index (χ2v) is 7.89. The Balaban J connectivity index is 1.86. The molecule has 1 aromatic carbocycles. The summed E-state index contributed by atoms with van der Waals surface area (Å²) in [6.45, 7) is 9.73. The van der Waals surface area contributed by atoms with E-state index in [1.54, 1.807) is 6.07 Å². The number of hydrogen-bond donors (Lipinski definition) is 1. The van der Waals surface area contributed by atoms with Gasteiger partial charge in [0.15, 0.2) is 0 Å². The number of benzene rings is 1. The van der Waals surface area contributed by atoms with Crippen molar-refractivity contribution in [3.63, 3.8) is 0 Å². The van der Waals surface area contributed by atoms with Gasteiger partial charge in [-0.3, -0.25) is 4.79 Å². The van der Waals surface area contributed by atoms with Crippen LogP contribution in [0.5, 0.6) is 0 Å². The van der Waals surface area contributed by atoms with Crippen LogP contribution in [0.3, 0.4) is 0 Å². The number of nitrogens with one attached hydrogen (secondary N) is 1. The van der Waals surface area contributed by atoms with Crippen LogP contribution >= 0.6 is 0 Å². The first-order chi connectivity index (χ1) is 11.1. The van der Waals surface area contributed by atoms with E-state index in [1.165, 1.54) is 6.07 Å². The fourth-order valence-corrected chi connectivity index (χ4v) is 2.91. The number of carbonyl (C=O) groups excluding carboxylic acids is 1. The van der Waals surface area contributed by atoms with Gasteiger partial charge in [0.2, 0.25) is 5.91 Å². The van der Waals surface area contributed by atoms with Crippen LogP contribution in [0, 0.1) is 18.7 Å². The molecule has 1 N–H and O–H groups in total. The van der Waals surface area contributed by atoms with Crippen molar-refractivity contribution in [1.29, 1.82) is 0 Å². The van der Waals surface area contributed by atoms with Crippen molar-refractivity contribution in [2.75, 3.05) is 5.32 Å². The highest BCUT2D eigenvalue weighted by atomic mass is 19.1. The number of hydrogen-bond acceptors (Lipinski definition) is 3. The van der Waals surface area contributed by atoms with E-state index in [2.05, 4.69) is 5.32 Å². The molecule has 6 heteroatoms. The summed E-state index contributed by atoms with van der Waals surface area (Å²) >= 11 is 0. The van der Waals surface area contributed by atoms with Crippen LogP contribution in [0.25, 0.3) is 0 Å². The lowest BCUT2D eigenvalue weighted by molar-refractivity contribution is -0.122. The Labute approximate surface area is 143 Å². The van der Waals surface area contributed by atoms with E-state index in [1.807, 2.05) is 34.6 Å². The third-order valence-electron chi connectivity index (χ3n) is 5.60. The van der Waals surface area contributed by atoms with Gasteiger partial charge in [-0.05, 0) is 70.6 Å². The summed E-state index contributed by atoms with van der Waals surface area (Å²) in [4.78, 5) is 12.1. The smallest absolute Gasteiger partial charge is 0.399 e. The van der Waals surface area contributed by atoms with Gasteiger partial charge >= 0.3 is 7.12 Å². The summed E-state index contributed by atoms with van der Waals surface area (Å²) in [6, 6.07) is 3.07. The fraction of sp³-hybridized carbons (Fsp3) is 0.611. The normalized spacial score (nSPS) is 22.3. The average molecular weight is 333 g/mol. The zero-order chi connectivity index (χ0) is 17.7. The SMILES string of the molecule is Cc1cc(F)c(NC(=O)C2CCC2)cc1B1OC(C)(C)C(C)(C)O1. The van der Waals surface area contributed by atoms with E-state index < -0.39 is 24.1 Å². The van der Waals surface area contributed by atoms with Crippen molar-refractivity contribution < 1.29 is 18.5 Å². The second kappa shape index (κ2) is 5.85. The Morgan fingerprint density at radius 1 is 1.21 bits per heavy atom. The zero-order valence-corrected chi connectivity index (χ0v) is 15.0. The Bertz CT molecular complexity index is 654. The number of rotatable bonds is 3. The van der Waals surface area contributed by atoms with E-state index in [0.29, 0.717) is 0 Å². The van der Waals surface area contributed by atoms with E-state index in [9.17, 15) is 9.18 Å². The molecule has 2 fully saturated rings. The summed E-state index contributed by atoms with van der Waals surface area (Å²) in [5.74, 6) is -0.532. The molecular formula is C18H25BFNO3. The highest BCUT2D eigenvalue weighted by molar-refractivity contribution is 6.62. The van der Waals surface area contributed by atoms with E-state index in [4.69, 9.17) is 9.31 Å². The first-order valence-corrected chi connectivity index (χ1v) is 8.57. The van der Waals surface area contributed by atoms with Gasteiger partial charge in [-0.15, -0.1) is 0 Å². The molecule has 3 rings (SSSR count). The van der Waals surface area contributed by atoms with Gasteiger partial charge in [-0.1, -0.05) is 6.42 Å². The average Bonchev–Trinajstić information content (AvgIpc) is 2.59. The van der Waals surface area contributed by atoms with Gasteiger partial charge in [-0.2, -0.15) is 0 Å². The van der Waals surface area contributed by atoms with Crippen LogP contribution in [0.2, 0.25) is 0 Å². The number of amides is 1. The maximum atomic E-state index is 14.3. The van der Waals surface area contributed by atoms with Crippen LogP contribution < -0.4 is 10.8 Å². The number of carbonyl (C=O) groups is 1. The lowest BCUT2D eigenvalue weighted by Crippen LogP contribution is -2.41. The molecule has 1 heterocycles. The summed E-state index contributed by atoms with van der Waals surface area (Å²) in [5, 5.41) is 2.72. The Morgan fingerprint density at radius 2 is 1.79 bits per heavy atom. The van der Waals surface area contributed by atoms with Gasteiger partial charge in [0.25, 0.3) is 0 Å². The van der Waals surface area contributed by atoms with Gasteiger partial charge in [0.05, 0.1) is 16.9 Å². The highest BCUT2D eigenvalue weighted by Gasteiger charge is 2.52. The molecule has 1 aliphatic heterocycles. The molecule has 1 saturated heterocycles. The summed E-state index contributed by atoms with van der Waals surface area (Å²) in [5.41, 5.74) is 0.760. The quantitative estimate of drug-likeness (QED) is 0.865. The first-order valence-electron chi connectivity index (χ1n) is 8.57. The van der Waals surface area contributed by atoms with Crippen LogP contribution in [0.1, 0.15) is 52.5 Å². The third kappa shape index (κ3) is 2.97. The lowest BCUT2D eigenvalue weighted by Gasteiger charge is -2.32. The molecule has 1 amide bonds.